The average molecular weight is 300 g/mol. The molecule has 0 aliphatic carbocycles. The maximum Gasteiger partial charge on any atom is 0.263 e. The van der Waals surface area contributed by atoms with E-state index in [1.54, 1.807) is 24.4 Å². The first-order valence-corrected chi connectivity index (χ1v) is 7.15. The summed E-state index contributed by atoms with van der Waals surface area (Å²) in [6.07, 6.45) is 2.54. The zero-order valence-electron chi connectivity index (χ0n) is 12.3. The lowest BCUT2D eigenvalue weighted by Crippen LogP contribution is -2.20. The molecule has 0 saturated heterocycles. The van der Waals surface area contributed by atoms with Gasteiger partial charge in [-0.2, -0.15) is 0 Å². The lowest BCUT2D eigenvalue weighted by molar-refractivity contribution is -0.118. The maximum atomic E-state index is 11.7. The van der Waals surface area contributed by atoms with Crippen LogP contribution in [0.3, 0.4) is 0 Å². The fourth-order valence-electron chi connectivity index (χ4n) is 1.77. The molecule has 0 spiro atoms. The van der Waals surface area contributed by atoms with Crippen LogP contribution >= 0.6 is 0 Å². The van der Waals surface area contributed by atoms with Crippen LogP contribution in [0, 0.1) is 0 Å². The average Bonchev–Trinajstić information content (AvgIpc) is 2.55. The molecular weight excluding hydrogens is 280 g/mol. The summed E-state index contributed by atoms with van der Waals surface area (Å²) in [6, 6.07) is 12.8. The highest BCUT2D eigenvalue weighted by molar-refractivity contribution is 5.90. The summed E-state index contributed by atoms with van der Waals surface area (Å²) in [6.45, 7) is 1.44. The first-order valence-electron chi connectivity index (χ1n) is 7.15. The fraction of sp³-hybridized carbons (Fsp3) is 0.250. The Morgan fingerprint density at radius 3 is 2.68 bits per heavy atom. The molecule has 2 aromatic rings. The zero-order chi connectivity index (χ0) is 15.6. The molecular formula is C16H20N4O2. The Kier molecular flexibility index (Phi) is 6.19. The molecule has 0 aliphatic heterocycles. The van der Waals surface area contributed by atoms with Gasteiger partial charge in [0.1, 0.15) is 11.6 Å². The molecule has 0 aliphatic rings. The van der Waals surface area contributed by atoms with Crippen molar-refractivity contribution in [3.05, 3.63) is 48.7 Å². The second-order valence-electron chi connectivity index (χ2n) is 4.65. The Balaban J connectivity index is 1.75. The predicted molar refractivity (Wildman–Crippen MR) is 87.0 cm³/mol. The van der Waals surface area contributed by atoms with E-state index in [0.29, 0.717) is 18.1 Å². The van der Waals surface area contributed by atoms with Crippen molar-refractivity contribution < 1.29 is 9.53 Å². The van der Waals surface area contributed by atoms with E-state index in [0.717, 1.165) is 18.7 Å². The second kappa shape index (κ2) is 8.63. The lowest BCUT2D eigenvalue weighted by atomic mass is 10.3. The monoisotopic (exact) mass is 300 g/mol. The summed E-state index contributed by atoms with van der Waals surface area (Å²) in [7, 11) is 0. The molecule has 0 bridgehead atoms. The number of carbonyl (C=O) groups is 1. The molecule has 22 heavy (non-hydrogen) atoms. The highest BCUT2D eigenvalue weighted by Gasteiger charge is 2.04. The van der Waals surface area contributed by atoms with Gasteiger partial charge in [0.2, 0.25) is 0 Å². The molecule has 2 rings (SSSR count). The number of hydrogen-bond acceptors (Lipinski definition) is 5. The van der Waals surface area contributed by atoms with Gasteiger partial charge in [-0.1, -0.05) is 6.07 Å². The number of anilines is 2. The number of pyridine rings is 1. The van der Waals surface area contributed by atoms with E-state index < -0.39 is 0 Å². The van der Waals surface area contributed by atoms with Gasteiger partial charge in [-0.15, -0.1) is 0 Å². The number of hydrogen-bond donors (Lipinski definition) is 3. The Hall–Kier alpha value is -2.60. The number of nitrogens with two attached hydrogens (primary N) is 1. The molecule has 0 saturated carbocycles. The zero-order valence-corrected chi connectivity index (χ0v) is 12.3. The van der Waals surface area contributed by atoms with Gasteiger partial charge in [0.05, 0.1) is 0 Å². The minimum absolute atomic E-state index is 0.0590. The number of aromatic nitrogens is 1. The molecule has 1 heterocycles. The SMILES string of the molecule is NCCCNc1ccc(OCC(=O)Nc2ccccn2)cc1. The van der Waals surface area contributed by atoms with Crippen LogP contribution in [0.15, 0.2) is 48.7 Å². The minimum atomic E-state index is -0.246. The van der Waals surface area contributed by atoms with Crippen LogP contribution in [-0.4, -0.2) is 30.6 Å². The van der Waals surface area contributed by atoms with Crippen molar-refractivity contribution in [2.75, 3.05) is 30.3 Å². The van der Waals surface area contributed by atoms with Crippen LogP contribution in [0.25, 0.3) is 0 Å². The summed E-state index contributed by atoms with van der Waals surface area (Å²) in [5, 5.41) is 5.91. The quantitative estimate of drug-likeness (QED) is 0.648. The topological polar surface area (TPSA) is 89.3 Å². The van der Waals surface area contributed by atoms with E-state index >= 15 is 0 Å². The third-order valence-corrected chi connectivity index (χ3v) is 2.87. The van der Waals surface area contributed by atoms with Crippen LogP contribution in [-0.2, 0) is 4.79 Å². The van der Waals surface area contributed by atoms with Crippen molar-refractivity contribution in [2.45, 2.75) is 6.42 Å². The van der Waals surface area contributed by atoms with Crippen LogP contribution in [0.4, 0.5) is 11.5 Å². The number of amides is 1. The lowest BCUT2D eigenvalue weighted by Gasteiger charge is -2.09. The molecule has 0 atom stereocenters. The van der Waals surface area contributed by atoms with Crippen molar-refractivity contribution in [1.82, 2.24) is 4.98 Å². The highest BCUT2D eigenvalue weighted by atomic mass is 16.5. The highest BCUT2D eigenvalue weighted by Crippen LogP contribution is 2.15. The largest absolute Gasteiger partial charge is 0.484 e. The predicted octanol–water partition coefficient (Wildman–Crippen LogP) is 1.86. The van der Waals surface area contributed by atoms with Gasteiger partial charge >= 0.3 is 0 Å². The molecule has 1 aromatic carbocycles. The summed E-state index contributed by atoms with van der Waals surface area (Å²) in [4.78, 5) is 15.7. The molecule has 0 unspecified atom stereocenters. The Morgan fingerprint density at radius 1 is 1.18 bits per heavy atom. The Bertz CT molecular complexity index is 572. The van der Waals surface area contributed by atoms with Gasteiger partial charge in [-0.3, -0.25) is 4.79 Å². The van der Waals surface area contributed by atoms with Crippen LogP contribution in [0.5, 0.6) is 5.75 Å². The third-order valence-electron chi connectivity index (χ3n) is 2.87. The van der Waals surface area contributed by atoms with Crippen molar-refractivity contribution in [2.24, 2.45) is 5.73 Å². The number of rotatable bonds is 8. The molecule has 1 aromatic heterocycles. The van der Waals surface area contributed by atoms with Crippen LogP contribution in [0.1, 0.15) is 6.42 Å². The van der Waals surface area contributed by atoms with E-state index in [1.807, 2.05) is 24.3 Å². The van der Waals surface area contributed by atoms with Gasteiger partial charge in [-0.25, -0.2) is 4.98 Å². The smallest absolute Gasteiger partial charge is 0.263 e. The molecule has 1 amide bonds. The maximum absolute atomic E-state index is 11.7. The van der Waals surface area contributed by atoms with Gasteiger partial charge in [0, 0.05) is 18.4 Å². The molecule has 6 heteroatoms. The van der Waals surface area contributed by atoms with Crippen LogP contribution in [0.2, 0.25) is 0 Å². The molecule has 4 N–H and O–H groups in total. The third kappa shape index (κ3) is 5.41. The van der Waals surface area contributed by atoms with Gasteiger partial charge in [0.15, 0.2) is 6.61 Å². The van der Waals surface area contributed by atoms with Gasteiger partial charge in [0.25, 0.3) is 5.91 Å². The minimum Gasteiger partial charge on any atom is -0.484 e. The van der Waals surface area contributed by atoms with Crippen molar-refractivity contribution in [3.63, 3.8) is 0 Å². The van der Waals surface area contributed by atoms with Gasteiger partial charge < -0.3 is 21.1 Å². The number of ether oxygens (including phenoxy) is 1. The van der Waals surface area contributed by atoms with E-state index in [2.05, 4.69) is 15.6 Å². The number of nitrogens with zero attached hydrogens (tertiary/aromatic N) is 1. The van der Waals surface area contributed by atoms with Crippen LogP contribution < -0.4 is 21.1 Å². The summed E-state index contributed by atoms with van der Waals surface area (Å²) in [5.74, 6) is 0.903. The van der Waals surface area contributed by atoms with E-state index in [1.165, 1.54) is 0 Å². The van der Waals surface area contributed by atoms with E-state index in [-0.39, 0.29) is 12.5 Å². The van der Waals surface area contributed by atoms with Crippen molar-refractivity contribution in [1.29, 1.82) is 0 Å². The number of benzene rings is 1. The summed E-state index contributed by atoms with van der Waals surface area (Å²) in [5.41, 5.74) is 6.44. The molecule has 6 nitrogen and oxygen atoms in total. The summed E-state index contributed by atoms with van der Waals surface area (Å²) < 4.78 is 5.43. The van der Waals surface area contributed by atoms with E-state index in [4.69, 9.17) is 10.5 Å². The Labute approximate surface area is 129 Å². The first-order chi connectivity index (χ1) is 10.8. The Morgan fingerprint density at radius 2 is 2.00 bits per heavy atom. The number of carbonyl (C=O) groups excluding carboxylic acids is 1. The second-order valence-corrected chi connectivity index (χ2v) is 4.65. The molecule has 0 fully saturated rings. The normalized spacial score (nSPS) is 10.0. The van der Waals surface area contributed by atoms with Gasteiger partial charge in [-0.05, 0) is 49.4 Å². The molecule has 116 valence electrons. The fourth-order valence-corrected chi connectivity index (χ4v) is 1.77. The first kappa shape index (κ1) is 15.8. The standard InChI is InChI=1S/C16H20N4O2/c17-9-3-11-18-13-5-7-14(8-6-13)22-12-16(21)20-15-4-1-2-10-19-15/h1-2,4-8,10,18H,3,9,11-12,17H2,(H,19,20,21). The van der Waals surface area contributed by atoms with Crippen molar-refractivity contribution >= 4 is 17.4 Å². The number of nitrogens with one attached hydrogen (secondary N) is 2. The van der Waals surface area contributed by atoms with Crippen molar-refractivity contribution in [3.8, 4) is 5.75 Å². The molecule has 0 radical (unpaired) electrons. The van der Waals surface area contributed by atoms with E-state index in [9.17, 15) is 4.79 Å². The summed E-state index contributed by atoms with van der Waals surface area (Å²) >= 11 is 0.